The number of carbonyl (C=O) groups excluding carboxylic acids is 1. The molecule has 0 bridgehead atoms. The van der Waals surface area contributed by atoms with Crippen LogP contribution in [0.4, 0.5) is 14.5 Å². The van der Waals surface area contributed by atoms with Gasteiger partial charge in [0, 0.05) is 17.3 Å². The van der Waals surface area contributed by atoms with E-state index in [-0.39, 0.29) is 16.8 Å². The molecule has 1 aliphatic rings. The number of unbranched alkanes of at least 4 members (excludes halogenated alkanes) is 1. The van der Waals surface area contributed by atoms with Gasteiger partial charge >= 0.3 is 0 Å². The normalized spacial score (nSPS) is 15.7. The van der Waals surface area contributed by atoms with Crippen molar-refractivity contribution >= 4 is 23.4 Å². The lowest BCUT2D eigenvalue weighted by Crippen LogP contribution is -2.30. The van der Waals surface area contributed by atoms with Crippen molar-refractivity contribution in [1.82, 2.24) is 5.32 Å². The van der Waals surface area contributed by atoms with E-state index in [1.807, 2.05) is 0 Å². The van der Waals surface area contributed by atoms with Crippen molar-refractivity contribution in [3.05, 3.63) is 93.1 Å². The number of anilines is 1. The molecule has 2 N–H and O–H groups in total. The van der Waals surface area contributed by atoms with Gasteiger partial charge in [-0.25, -0.2) is 13.6 Å². The van der Waals surface area contributed by atoms with E-state index in [2.05, 4.69) is 22.4 Å². The fraction of sp³-hybridized carbons (Fsp3) is 0.280. The number of carbonyl (C=O) groups is 1. The van der Waals surface area contributed by atoms with Crippen LogP contribution in [0.5, 0.6) is 5.75 Å². The number of nitrogens with one attached hydrogen (secondary N) is 2. The summed E-state index contributed by atoms with van der Waals surface area (Å²) < 4.78 is 33.9. The van der Waals surface area contributed by atoms with Crippen molar-refractivity contribution in [1.29, 1.82) is 0 Å². The van der Waals surface area contributed by atoms with Gasteiger partial charge in [0.1, 0.15) is 17.4 Å². The summed E-state index contributed by atoms with van der Waals surface area (Å²) in [5.41, 5.74) is 1.42. The minimum atomic E-state index is -0.983. The summed E-state index contributed by atoms with van der Waals surface area (Å²) in [7, 11) is 1.49. The molecule has 1 unspecified atom stereocenters. The molecular weight excluding hydrogens is 444 g/mol. The highest BCUT2D eigenvalue weighted by atomic mass is 32.2. The van der Waals surface area contributed by atoms with Crippen LogP contribution < -0.4 is 15.4 Å². The molecule has 1 amide bonds. The molecule has 0 spiro atoms. The highest BCUT2D eigenvalue weighted by Gasteiger charge is 2.37. The number of ether oxygens (including phenoxy) is 1. The second-order valence-corrected chi connectivity index (χ2v) is 8.55. The van der Waals surface area contributed by atoms with E-state index in [9.17, 15) is 13.6 Å². The Labute approximate surface area is 196 Å². The Morgan fingerprint density at radius 1 is 1.27 bits per heavy atom. The van der Waals surface area contributed by atoms with Crippen molar-refractivity contribution in [3.63, 3.8) is 0 Å². The lowest BCUT2D eigenvalue weighted by atomic mass is 9.84. The number of methoxy groups -OCH3 is 1. The Kier molecular flexibility index (Phi) is 8.12. The molecule has 5 nitrogen and oxygen atoms in total. The molecule has 0 fully saturated rings. The van der Waals surface area contributed by atoms with Gasteiger partial charge in [-0.3, -0.25) is 4.79 Å². The van der Waals surface area contributed by atoms with Crippen LogP contribution in [-0.2, 0) is 4.79 Å². The summed E-state index contributed by atoms with van der Waals surface area (Å²) in [4.78, 5) is 17.1. The van der Waals surface area contributed by atoms with Crippen molar-refractivity contribution in [2.75, 3.05) is 18.2 Å². The van der Waals surface area contributed by atoms with Gasteiger partial charge in [0.15, 0.2) is 0 Å². The third-order valence-electron chi connectivity index (χ3n) is 5.24. The van der Waals surface area contributed by atoms with Gasteiger partial charge in [0.2, 0.25) is 5.70 Å². The smallest absolute Gasteiger partial charge is 0.253 e. The maximum absolute atomic E-state index is 14.9. The number of rotatable bonds is 8. The van der Waals surface area contributed by atoms with Crippen LogP contribution in [0.25, 0.3) is 4.85 Å². The summed E-state index contributed by atoms with van der Waals surface area (Å²) in [6.07, 6.45) is 1.94. The predicted octanol–water partition coefficient (Wildman–Crippen LogP) is 6.19. The van der Waals surface area contributed by atoms with Gasteiger partial charge < -0.3 is 15.4 Å². The number of nitrogens with zero attached hydrogens (tertiary/aromatic N) is 1. The van der Waals surface area contributed by atoms with Gasteiger partial charge in [-0.2, -0.15) is 0 Å². The molecular formula is C25H25F2N3O2S. The van der Waals surface area contributed by atoms with E-state index < -0.39 is 23.5 Å². The Hall–Kier alpha value is -3.31. The first-order chi connectivity index (χ1) is 15.9. The molecule has 2 aromatic carbocycles. The molecule has 172 valence electrons. The van der Waals surface area contributed by atoms with Gasteiger partial charge in [0.25, 0.3) is 5.91 Å². The first-order valence-electron chi connectivity index (χ1n) is 10.5. The maximum atomic E-state index is 14.9. The Morgan fingerprint density at radius 3 is 2.70 bits per heavy atom. The molecule has 8 heteroatoms. The monoisotopic (exact) mass is 469 g/mol. The fourth-order valence-electron chi connectivity index (χ4n) is 3.61. The molecule has 1 aliphatic heterocycles. The highest BCUT2D eigenvalue weighted by molar-refractivity contribution is 8.03. The molecule has 1 atom stereocenters. The van der Waals surface area contributed by atoms with E-state index in [0.717, 1.165) is 30.7 Å². The number of allylic oxidation sites excluding steroid dienone is 2. The van der Waals surface area contributed by atoms with Crippen molar-refractivity contribution in [3.8, 4) is 5.75 Å². The zero-order chi connectivity index (χ0) is 24.0. The quantitative estimate of drug-likeness (QED) is 0.357. The molecule has 0 aromatic heterocycles. The summed E-state index contributed by atoms with van der Waals surface area (Å²) in [5.74, 6) is -1.78. The number of amides is 1. The number of benzene rings is 2. The van der Waals surface area contributed by atoms with Crippen LogP contribution in [0.3, 0.4) is 0 Å². The average Bonchev–Trinajstić information content (AvgIpc) is 2.79. The van der Waals surface area contributed by atoms with Crippen LogP contribution in [-0.4, -0.2) is 18.8 Å². The van der Waals surface area contributed by atoms with Crippen LogP contribution >= 0.6 is 11.8 Å². The Bertz CT molecular complexity index is 1150. The zero-order valence-electron chi connectivity index (χ0n) is 18.7. The second kappa shape index (κ2) is 11.0. The largest absolute Gasteiger partial charge is 0.495 e. The lowest BCUT2D eigenvalue weighted by Gasteiger charge is -2.30. The van der Waals surface area contributed by atoms with Gasteiger partial charge in [-0.1, -0.05) is 31.5 Å². The third-order valence-corrected chi connectivity index (χ3v) is 6.33. The van der Waals surface area contributed by atoms with E-state index in [1.54, 1.807) is 31.2 Å². The topological polar surface area (TPSA) is 54.7 Å². The number of halogens is 2. The first kappa shape index (κ1) is 24.3. The molecule has 0 saturated heterocycles. The van der Waals surface area contributed by atoms with Crippen LogP contribution in [0.2, 0.25) is 0 Å². The Balaban J connectivity index is 2.09. The summed E-state index contributed by atoms with van der Waals surface area (Å²) in [6, 6.07) is 10.1. The van der Waals surface area contributed by atoms with Crippen LogP contribution in [0, 0.1) is 18.2 Å². The molecule has 1 heterocycles. The molecule has 0 saturated carbocycles. The Morgan fingerprint density at radius 2 is 2.03 bits per heavy atom. The van der Waals surface area contributed by atoms with E-state index >= 15 is 0 Å². The van der Waals surface area contributed by atoms with Gasteiger partial charge in [0.05, 0.1) is 30.3 Å². The number of para-hydroxylation sites is 2. The molecule has 33 heavy (non-hydrogen) atoms. The summed E-state index contributed by atoms with van der Waals surface area (Å²) >= 11 is 1.46. The van der Waals surface area contributed by atoms with E-state index in [4.69, 9.17) is 11.3 Å². The second-order valence-electron chi connectivity index (χ2n) is 7.45. The van der Waals surface area contributed by atoms with E-state index in [1.165, 1.54) is 24.9 Å². The van der Waals surface area contributed by atoms with Crippen molar-refractivity contribution in [2.45, 2.75) is 32.6 Å². The first-order valence-corrected chi connectivity index (χ1v) is 11.5. The van der Waals surface area contributed by atoms with Crippen molar-refractivity contribution in [2.24, 2.45) is 0 Å². The molecule has 3 rings (SSSR count). The standard InChI is InChI=1S/C25H25F2N3O2S/c1-5-6-13-33-25-23(28-3)22(17-12-11-16(26)14-18(17)27)21(15(2)29-25)24(31)30-19-9-7-8-10-20(19)32-4/h7-12,14,22,29H,5-6,13H2,1-2,4H3,(H,30,31). The van der Waals surface area contributed by atoms with E-state index in [0.29, 0.717) is 22.2 Å². The molecule has 0 aliphatic carbocycles. The van der Waals surface area contributed by atoms with Gasteiger partial charge in [-0.15, -0.1) is 11.8 Å². The van der Waals surface area contributed by atoms with Crippen LogP contribution in [0.15, 0.2) is 64.5 Å². The predicted molar refractivity (Wildman–Crippen MR) is 128 cm³/mol. The lowest BCUT2D eigenvalue weighted by molar-refractivity contribution is -0.113. The summed E-state index contributed by atoms with van der Waals surface area (Å²) in [5, 5.41) is 6.57. The number of thioether (sulfide) groups is 1. The van der Waals surface area contributed by atoms with Gasteiger partial charge in [-0.05, 0) is 42.9 Å². The summed E-state index contributed by atoms with van der Waals surface area (Å²) in [6.45, 7) is 11.6. The van der Waals surface area contributed by atoms with Crippen molar-refractivity contribution < 1.29 is 18.3 Å². The zero-order valence-corrected chi connectivity index (χ0v) is 19.5. The molecule has 2 aromatic rings. The minimum Gasteiger partial charge on any atom is -0.495 e. The third kappa shape index (κ3) is 5.37. The fourth-order valence-corrected chi connectivity index (χ4v) is 4.78. The number of hydrogen-bond acceptors (Lipinski definition) is 4. The average molecular weight is 470 g/mol. The van der Waals surface area contributed by atoms with Crippen LogP contribution in [0.1, 0.15) is 38.2 Å². The molecule has 0 radical (unpaired) electrons. The number of hydrogen-bond donors (Lipinski definition) is 2. The number of dihydropyridines is 1. The maximum Gasteiger partial charge on any atom is 0.253 e. The highest BCUT2D eigenvalue weighted by Crippen LogP contribution is 2.43. The SMILES string of the molecule is [C-]#[N+]C1=C(SCCCC)NC(C)=C(C(=O)Nc2ccccc2OC)C1c1ccc(F)cc1F. The minimum absolute atomic E-state index is 0.0713.